The monoisotopic (exact) mass is 309 g/mol. The summed E-state index contributed by atoms with van der Waals surface area (Å²) in [6.45, 7) is 1.95. The van der Waals surface area contributed by atoms with Crippen LogP contribution in [0.3, 0.4) is 0 Å². The molecule has 0 aliphatic carbocycles. The second kappa shape index (κ2) is 8.89. The van der Waals surface area contributed by atoms with Gasteiger partial charge in [0.25, 0.3) is 0 Å². The zero-order valence-electron chi connectivity index (χ0n) is 13.5. The van der Waals surface area contributed by atoms with Gasteiger partial charge in [0.2, 0.25) is 5.91 Å². The number of nitrogens with one attached hydrogen (secondary N) is 1. The van der Waals surface area contributed by atoms with Crippen LogP contribution < -0.4 is 5.32 Å². The van der Waals surface area contributed by atoms with Crippen LogP contribution in [-0.2, 0) is 16.0 Å². The highest BCUT2D eigenvalue weighted by Crippen LogP contribution is 2.11. The maximum Gasteiger partial charge on any atom is 0.220 e. The van der Waals surface area contributed by atoms with Crippen molar-refractivity contribution in [2.24, 2.45) is 0 Å². The van der Waals surface area contributed by atoms with Crippen molar-refractivity contribution < 1.29 is 9.59 Å². The van der Waals surface area contributed by atoms with Gasteiger partial charge in [-0.2, -0.15) is 0 Å². The zero-order chi connectivity index (χ0) is 16.5. The molecule has 23 heavy (non-hydrogen) atoms. The van der Waals surface area contributed by atoms with Gasteiger partial charge >= 0.3 is 0 Å². The number of carbonyl (C=O) groups excluding carboxylic acids is 2. The van der Waals surface area contributed by atoms with Crippen LogP contribution in [0.4, 0.5) is 0 Å². The maximum atomic E-state index is 11.9. The summed E-state index contributed by atoms with van der Waals surface area (Å²) in [5.74, 6) is 0.0609. The summed E-state index contributed by atoms with van der Waals surface area (Å²) in [4.78, 5) is 23.8. The molecule has 0 aliphatic heterocycles. The zero-order valence-corrected chi connectivity index (χ0v) is 13.5. The summed E-state index contributed by atoms with van der Waals surface area (Å²) in [5.41, 5.74) is 2.22. The normalized spacial score (nSPS) is 11.7. The molecule has 2 rings (SSSR count). The molecule has 120 valence electrons. The van der Waals surface area contributed by atoms with Crippen molar-refractivity contribution in [1.82, 2.24) is 5.32 Å². The Balaban J connectivity index is 1.68. The number of hydrogen-bond donors (Lipinski definition) is 1. The molecule has 0 fully saturated rings. The van der Waals surface area contributed by atoms with E-state index < -0.39 is 0 Å². The van der Waals surface area contributed by atoms with Crippen LogP contribution in [0.25, 0.3) is 0 Å². The Bertz CT molecular complexity index is 623. The molecule has 0 heterocycles. The van der Waals surface area contributed by atoms with Crippen LogP contribution in [0.2, 0.25) is 0 Å². The smallest absolute Gasteiger partial charge is 0.220 e. The summed E-state index contributed by atoms with van der Waals surface area (Å²) in [7, 11) is 0. The summed E-state index contributed by atoms with van der Waals surface area (Å²) in [5, 5.41) is 2.93. The van der Waals surface area contributed by atoms with Crippen molar-refractivity contribution in [3.05, 3.63) is 71.8 Å². The predicted molar refractivity (Wildman–Crippen MR) is 92.0 cm³/mol. The average Bonchev–Trinajstić information content (AvgIpc) is 2.60. The molecule has 0 bridgehead atoms. The third kappa shape index (κ3) is 6.07. The van der Waals surface area contributed by atoms with E-state index in [1.807, 2.05) is 67.6 Å². The molecule has 1 N–H and O–H groups in total. The van der Waals surface area contributed by atoms with E-state index in [-0.39, 0.29) is 24.2 Å². The SMILES string of the molecule is CC(NC(=O)CCC(=O)CCc1ccccc1)c1ccccc1. The Morgan fingerprint density at radius 3 is 2.13 bits per heavy atom. The molecule has 0 saturated heterocycles. The first kappa shape index (κ1) is 16.9. The fourth-order valence-electron chi connectivity index (χ4n) is 2.45. The number of carbonyl (C=O) groups is 2. The van der Waals surface area contributed by atoms with E-state index in [1.165, 1.54) is 0 Å². The number of amides is 1. The van der Waals surface area contributed by atoms with E-state index in [0.29, 0.717) is 12.8 Å². The molecule has 0 aromatic heterocycles. The van der Waals surface area contributed by atoms with Gasteiger partial charge in [0.05, 0.1) is 6.04 Å². The molecule has 0 spiro atoms. The lowest BCUT2D eigenvalue weighted by atomic mass is 10.0. The van der Waals surface area contributed by atoms with Gasteiger partial charge in [-0.05, 0) is 24.5 Å². The van der Waals surface area contributed by atoms with Gasteiger partial charge in [-0.25, -0.2) is 0 Å². The minimum atomic E-state index is -0.0746. The lowest BCUT2D eigenvalue weighted by Gasteiger charge is -2.14. The van der Waals surface area contributed by atoms with Gasteiger partial charge < -0.3 is 5.32 Å². The highest BCUT2D eigenvalue weighted by Gasteiger charge is 2.11. The van der Waals surface area contributed by atoms with Crippen LogP contribution in [0, 0.1) is 0 Å². The van der Waals surface area contributed by atoms with Crippen molar-refractivity contribution >= 4 is 11.7 Å². The van der Waals surface area contributed by atoms with Crippen LogP contribution in [-0.4, -0.2) is 11.7 Å². The fourth-order valence-corrected chi connectivity index (χ4v) is 2.45. The number of benzene rings is 2. The molecule has 2 aromatic carbocycles. The van der Waals surface area contributed by atoms with E-state index in [0.717, 1.165) is 17.5 Å². The number of aryl methyl sites for hydroxylation is 1. The highest BCUT2D eigenvalue weighted by atomic mass is 16.2. The molecule has 0 saturated carbocycles. The van der Waals surface area contributed by atoms with E-state index >= 15 is 0 Å². The molecular formula is C20H23NO2. The molecule has 1 unspecified atom stereocenters. The van der Waals surface area contributed by atoms with Crippen molar-refractivity contribution in [2.75, 3.05) is 0 Å². The van der Waals surface area contributed by atoms with Gasteiger partial charge in [-0.1, -0.05) is 60.7 Å². The molecule has 3 nitrogen and oxygen atoms in total. The molecule has 1 amide bonds. The van der Waals surface area contributed by atoms with Crippen LogP contribution in [0.5, 0.6) is 0 Å². The maximum absolute atomic E-state index is 11.9. The highest BCUT2D eigenvalue weighted by molar-refractivity contribution is 5.85. The quantitative estimate of drug-likeness (QED) is 0.805. The standard InChI is InChI=1S/C20H23NO2/c1-16(18-10-6-3-7-11-18)21-20(23)15-14-19(22)13-12-17-8-4-2-5-9-17/h2-11,16H,12-15H2,1H3,(H,21,23). The Hall–Kier alpha value is -2.42. The van der Waals surface area contributed by atoms with Crippen molar-refractivity contribution in [3.8, 4) is 0 Å². The second-order valence-corrected chi connectivity index (χ2v) is 5.72. The molecule has 1 atom stereocenters. The number of Topliss-reactive ketones (excluding diaryl/α,β-unsaturated/α-hetero) is 1. The van der Waals surface area contributed by atoms with E-state index in [2.05, 4.69) is 5.32 Å². The first-order valence-corrected chi connectivity index (χ1v) is 8.05. The summed E-state index contributed by atoms with van der Waals surface area (Å²) < 4.78 is 0. The molecule has 0 radical (unpaired) electrons. The Labute approximate surface area is 137 Å². The Morgan fingerprint density at radius 1 is 0.870 bits per heavy atom. The minimum absolute atomic E-state index is 0.0388. The Morgan fingerprint density at radius 2 is 1.48 bits per heavy atom. The van der Waals surface area contributed by atoms with Gasteiger partial charge in [-0.15, -0.1) is 0 Å². The van der Waals surface area contributed by atoms with Crippen molar-refractivity contribution in [2.45, 2.75) is 38.6 Å². The summed E-state index contributed by atoms with van der Waals surface area (Å²) in [6.07, 6.45) is 1.79. The van der Waals surface area contributed by atoms with Crippen molar-refractivity contribution in [3.63, 3.8) is 0 Å². The Kier molecular flexibility index (Phi) is 6.55. The third-order valence-corrected chi connectivity index (χ3v) is 3.84. The minimum Gasteiger partial charge on any atom is -0.350 e. The largest absolute Gasteiger partial charge is 0.350 e. The molecule has 0 aliphatic rings. The number of hydrogen-bond acceptors (Lipinski definition) is 2. The third-order valence-electron chi connectivity index (χ3n) is 3.84. The number of ketones is 1. The first-order valence-electron chi connectivity index (χ1n) is 8.05. The summed E-state index contributed by atoms with van der Waals surface area (Å²) in [6, 6.07) is 19.7. The van der Waals surface area contributed by atoms with E-state index in [4.69, 9.17) is 0 Å². The summed E-state index contributed by atoms with van der Waals surface area (Å²) >= 11 is 0. The van der Waals surface area contributed by atoms with Crippen LogP contribution in [0.15, 0.2) is 60.7 Å². The van der Waals surface area contributed by atoms with E-state index in [1.54, 1.807) is 0 Å². The number of rotatable bonds is 8. The van der Waals surface area contributed by atoms with Gasteiger partial charge in [0, 0.05) is 19.3 Å². The van der Waals surface area contributed by atoms with Gasteiger partial charge in [0.15, 0.2) is 0 Å². The lowest BCUT2D eigenvalue weighted by Crippen LogP contribution is -2.26. The van der Waals surface area contributed by atoms with Crippen LogP contribution in [0.1, 0.15) is 43.4 Å². The van der Waals surface area contributed by atoms with E-state index in [9.17, 15) is 9.59 Å². The van der Waals surface area contributed by atoms with Crippen LogP contribution >= 0.6 is 0 Å². The average molecular weight is 309 g/mol. The molecular weight excluding hydrogens is 286 g/mol. The first-order chi connectivity index (χ1) is 11.1. The lowest BCUT2D eigenvalue weighted by molar-refractivity contribution is -0.125. The van der Waals surface area contributed by atoms with Crippen molar-refractivity contribution in [1.29, 1.82) is 0 Å². The molecule has 3 heteroatoms. The topological polar surface area (TPSA) is 46.2 Å². The molecule has 2 aromatic rings. The predicted octanol–water partition coefficient (Wildman–Crippen LogP) is 3.85. The fraction of sp³-hybridized carbons (Fsp3) is 0.300. The van der Waals surface area contributed by atoms with Gasteiger partial charge in [0.1, 0.15) is 5.78 Å². The second-order valence-electron chi connectivity index (χ2n) is 5.72. The van der Waals surface area contributed by atoms with Gasteiger partial charge in [-0.3, -0.25) is 9.59 Å².